The summed E-state index contributed by atoms with van der Waals surface area (Å²) in [5.41, 5.74) is 0.0337. The number of carbonyl (C=O) groups is 2. The predicted octanol–water partition coefficient (Wildman–Crippen LogP) is 1.97. The molecule has 0 amide bonds. The van der Waals surface area contributed by atoms with E-state index in [1.54, 1.807) is 0 Å². The lowest BCUT2D eigenvalue weighted by atomic mass is 10.2. The van der Waals surface area contributed by atoms with Gasteiger partial charge in [-0.1, -0.05) is 13.3 Å². The van der Waals surface area contributed by atoms with E-state index in [4.69, 9.17) is 14.2 Å². The lowest BCUT2D eigenvalue weighted by Crippen LogP contribution is -2.40. The highest BCUT2D eigenvalue weighted by Crippen LogP contribution is 2.27. The predicted molar refractivity (Wildman–Crippen MR) is 99.9 cm³/mol. The Morgan fingerprint density at radius 3 is 2.59 bits per heavy atom. The lowest BCUT2D eigenvalue weighted by Gasteiger charge is -2.26. The number of unbranched alkanes of at least 4 members (excludes halogenated alkanes) is 1. The molecule has 1 aromatic carbocycles. The molecule has 0 saturated carbocycles. The Hall–Kier alpha value is -1.49. The van der Waals surface area contributed by atoms with Crippen molar-refractivity contribution in [2.24, 2.45) is 0 Å². The monoisotopic (exact) mass is 463 g/mol. The van der Waals surface area contributed by atoms with Crippen LogP contribution in [-0.2, 0) is 29.0 Å². The number of carbonyl (C=O) groups excluding carboxylic acids is 2. The fourth-order valence-corrected chi connectivity index (χ4v) is 4.69. The van der Waals surface area contributed by atoms with E-state index in [0.29, 0.717) is 17.7 Å². The Morgan fingerprint density at radius 1 is 1.22 bits per heavy atom. The normalized spacial score (nSPS) is 15.3. The summed E-state index contributed by atoms with van der Waals surface area (Å²) in [4.78, 5) is 23.7. The molecule has 150 valence electrons. The molecule has 1 saturated heterocycles. The molecule has 0 spiro atoms. The van der Waals surface area contributed by atoms with Crippen LogP contribution in [0.15, 0.2) is 27.6 Å². The van der Waals surface area contributed by atoms with Crippen molar-refractivity contribution in [1.82, 2.24) is 4.31 Å². The fraction of sp³-hybridized carbons (Fsp3) is 0.529. The first-order valence-corrected chi connectivity index (χ1v) is 10.8. The van der Waals surface area contributed by atoms with Gasteiger partial charge in [0.25, 0.3) is 0 Å². The summed E-state index contributed by atoms with van der Waals surface area (Å²) in [6.07, 6.45) is 1.61. The molecule has 0 N–H and O–H groups in total. The largest absolute Gasteiger partial charge is 0.463 e. The standard InChI is InChI=1S/C17H22BrNO7S/c1-2-3-8-25-16(20)12-26-17(21)13-4-5-14(18)15(11-13)27(22,23)19-6-9-24-10-7-19/h4-5,11H,2-3,6-10,12H2,1H3. The van der Waals surface area contributed by atoms with Crippen LogP contribution in [0.4, 0.5) is 0 Å². The second-order valence-corrected chi connectivity index (χ2v) is 8.57. The maximum atomic E-state index is 12.8. The Bertz CT molecular complexity index is 775. The number of esters is 2. The third-order valence-electron chi connectivity index (χ3n) is 3.84. The Balaban J connectivity index is 2.07. The van der Waals surface area contributed by atoms with Crippen molar-refractivity contribution < 1.29 is 32.2 Å². The molecule has 27 heavy (non-hydrogen) atoms. The topological polar surface area (TPSA) is 99.2 Å². The Kier molecular flexibility index (Phi) is 8.21. The molecule has 1 aliphatic rings. The summed E-state index contributed by atoms with van der Waals surface area (Å²) in [7, 11) is -3.79. The van der Waals surface area contributed by atoms with E-state index in [-0.39, 0.29) is 30.2 Å². The third-order valence-corrected chi connectivity index (χ3v) is 6.73. The highest BCUT2D eigenvalue weighted by molar-refractivity contribution is 9.10. The molecule has 0 bridgehead atoms. The average Bonchev–Trinajstić information content (AvgIpc) is 2.67. The van der Waals surface area contributed by atoms with Crippen LogP contribution in [0.2, 0.25) is 0 Å². The average molecular weight is 464 g/mol. The number of rotatable bonds is 8. The van der Waals surface area contributed by atoms with Gasteiger partial charge in [0, 0.05) is 17.6 Å². The van der Waals surface area contributed by atoms with Gasteiger partial charge in [-0.25, -0.2) is 18.0 Å². The third kappa shape index (κ3) is 6.00. The van der Waals surface area contributed by atoms with Gasteiger partial charge >= 0.3 is 11.9 Å². The van der Waals surface area contributed by atoms with Crippen LogP contribution in [-0.4, -0.2) is 64.2 Å². The van der Waals surface area contributed by atoms with Gasteiger partial charge < -0.3 is 14.2 Å². The molecule has 0 aromatic heterocycles. The summed E-state index contributed by atoms with van der Waals surface area (Å²) in [6, 6.07) is 4.12. The molecule has 1 aliphatic heterocycles. The minimum atomic E-state index is -3.79. The minimum absolute atomic E-state index is 0.0337. The number of nitrogens with zero attached hydrogens (tertiary/aromatic N) is 1. The van der Waals surface area contributed by atoms with Crippen LogP contribution < -0.4 is 0 Å². The molecule has 1 heterocycles. The van der Waals surface area contributed by atoms with E-state index in [0.717, 1.165) is 12.8 Å². The second kappa shape index (κ2) is 10.2. The highest BCUT2D eigenvalue weighted by atomic mass is 79.9. The Labute approximate surface area is 166 Å². The maximum absolute atomic E-state index is 12.8. The van der Waals surface area contributed by atoms with E-state index in [9.17, 15) is 18.0 Å². The van der Waals surface area contributed by atoms with Crippen LogP contribution in [0.1, 0.15) is 30.1 Å². The number of ether oxygens (including phenoxy) is 3. The summed E-state index contributed by atoms with van der Waals surface area (Å²) < 4.78 is 42.3. The van der Waals surface area contributed by atoms with Crippen LogP contribution in [0, 0.1) is 0 Å². The molecule has 0 radical (unpaired) electrons. The first-order valence-electron chi connectivity index (χ1n) is 8.56. The van der Waals surface area contributed by atoms with Crippen molar-refractivity contribution >= 4 is 37.9 Å². The van der Waals surface area contributed by atoms with E-state index in [1.807, 2.05) is 6.92 Å². The molecule has 10 heteroatoms. The van der Waals surface area contributed by atoms with E-state index < -0.39 is 28.6 Å². The van der Waals surface area contributed by atoms with Gasteiger partial charge in [0.2, 0.25) is 10.0 Å². The van der Waals surface area contributed by atoms with Gasteiger partial charge in [0.05, 0.1) is 30.3 Å². The van der Waals surface area contributed by atoms with Gasteiger partial charge in [-0.2, -0.15) is 4.31 Å². The van der Waals surface area contributed by atoms with Gasteiger partial charge in [-0.3, -0.25) is 0 Å². The Morgan fingerprint density at radius 2 is 1.93 bits per heavy atom. The fourth-order valence-electron chi connectivity index (χ4n) is 2.33. The van der Waals surface area contributed by atoms with E-state index in [2.05, 4.69) is 15.9 Å². The molecule has 2 rings (SSSR count). The zero-order chi connectivity index (χ0) is 19.9. The summed E-state index contributed by atoms with van der Waals surface area (Å²) in [6.45, 7) is 2.83. The number of hydrogen-bond donors (Lipinski definition) is 0. The zero-order valence-corrected chi connectivity index (χ0v) is 17.4. The number of halogens is 1. The first-order chi connectivity index (χ1) is 12.9. The van der Waals surface area contributed by atoms with E-state index in [1.165, 1.54) is 22.5 Å². The van der Waals surface area contributed by atoms with Gasteiger partial charge in [-0.15, -0.1) is 0 Å². The molecule has 0 unspecified atom stereocenters. The number of benzene rings is 1. The second-order valence-electron chi connectivity index (χ2n) is 5.81. The van der Waals surface area contributed by atoms with Crippen LogP contribution in [0.25, 0.3) is 0 Å². The smallest absolute Gasteiger partial charge is 0.344 e. The van der Waals surface area contributed by atoms with Crippen molar-refractivity contribution in [3.05, 3.63) is 28.2 Å². The molecule has 0 atom stereocenters. The summed E-state index contributed by atoms with van der Waals surface area (Å²) in [5, 5.41) is 0. The molecular weight excluding hydrogens is 442 g/mol. The number of sulfonamides is 1. The van der Waals surface area contributed by atoms with Crippen molar-refractivity contribution in [3.63, 3.8) is 0 Å². The highest BCUT2D eigenvalue weighted by Gasteiger charge is 2.29. The quantitative estimate of drug-likeness (QED) is 0.429. The summed E-state index contributed by atoms with van der Waals surface area (Å²) >= 11 is 3.22. The molecule has 8 nitrogen and oxygen atoms in total. The number of morpholine rings is 1. The van der Waals surface area contributed by atoms with Crippen LogP contribution in [0.3, 0.4) is 0 Å². The molecule has 1 aromatic rings. The minimum Gasteiger partial charge on any atom is -0.463 e. The van der Waals surface area contributed by atoms with E-state index >= 15 is 0 Å². The zero-order valence-electron chi connectivity index (χ0n) is 15.0. The van der Waals surface area contributed by atoms with Gasteiger partial charge in [0.15, 0.2) is 6.61 Å². The first kappa shape index (κ1) is 21.8. The maximum Gasteiger partial charge on any atom is 0.344 e. The summed E-state index contributed by atoms with van der Waals surface area (Å²) in [5.74, 6) is -1.44. The van der Waals surface area contributed by atoms with Crippen LogP contribution in [0.5, 0.6) is 0 Å². The lowest BCUT2D eigenvalue weighted by molar-refractivity contribution is -0.147. The van der Waals surface area contributed by atoms with Crippen molar-refractivity contribution in [2.45, 2.75) is 24.7 Å². The van der Waals surface area contributed by atoms with Crippen molar-refractivity contribution in [3.8, 4) is 0 Å². The van der Waals surface area contributed by atoms with Gasteiger partial charge in [0.1, 0.15) is 0 Å². The van der Waals surface area contributed by atoms with Gasteiger partial charge in [-0.05, 0) is 40.5 Å². The van der Waals surface area contributed by atoms with Crippen molar-refractivity contribution in [2.75, 3.05) is 39.5 Å². The molecular formula is C17H22BrNO7S. The number of hydrogen-bond acceptors (Lipinski definition) is 7. The van der Waals surface area contributed by atoms with Crippen LogP contribution >= 0.6 is 15.9 Å². The molecule has 1 fully saturated rings. The molecule has 0 aliphatic carbocycles. The van der Waals surface area contributed by atoms with Crippen molar-refractivity contribution in [1.29, 1.82) is 0 Å². The SMILES string of the molecule is CCCCOC(=O)COC(=O)c1ccc(Br)c(S(=O)(=O)N2CCOCC2)c1.